The number of phenolic OH excluding ortho intramolecular Hbond substituents is 1. The highest BCUT2D eigenvalue weighted by atomic mass is 35.5. The van der Waals surface area contributed by atoms with Crippen molar-refractivity contribution in [2.24, 2.45) is 5.92 Å². The molecule has 0 bridgehead atoms. The third-order valence-electron chi connectivity index (χ3n) is 5.70. The van der Waals surface area contributed by atoms with Crippen molar-refractivity contribution in [3.05, 3.63) is 40.1 Å². The zero-order chi connectivity index (χ0) is 20.3. The van der Waals surface area contributed by atoms with Gasteiger partial charge in [0.1, 0.15) is 5.75 Å². The molecule has 0 radical (unpaired) electrons. The van der Waals surface area contributed by atoms with Crippen LogP contribution < -0.4 is 10.6 Å². The number of carbonyl (C=O) groups excluding carboxylic acids is 2. The summed E-state index contributed by atoms with van der Waals surface area (Å²) in [5, 5.41) is 15.6. The van der Waals surface area contributed by atoms with Crippen LogP contribution in [0, 0.1) is 5.92 Å². The van der Waals surface area contributed by atoms with Crippen molar-refractivity contribution in [1.29, 1.82) is 0 Å². The van der Waals surface area contributed by atoms with Crippen LogP contribution in [-0.4, -0.2) is 30.1 Å². The van der Waals surface area contributed by atoms with Gasteiger partial charge in [-0.25, -0.2) is 4.79 Å². The molecule has 0 aromatic heterocycles. The molecular formula is C21H27ClN2O4. The van der Waals surface area contributed by atoms with Crippen LogP contribution in [0.25, 0.3) is 0 Å². The maximum atomic E-state index is 12.8. The summed E-state index contributed by atoms with van der Waals surface area (Å²) in [5.41, 5.74) is 1.96. The molecule has 6 nitrogen and oxygen atoms in total. The minimum absolute atomic E-state index is 0.0118. The number of carbonyl (C=O) groups is 2. The minimum Gasteiger partial charge on any atom is -0.506 e. The fourth-order valence-electron chi connectivity index (χ4n) is 4.11. The number of hydrogen-bond acceptors (Lipinski definition) is 4. The zero-order valence-electron chi connectivity index (χ0n) is 16.3. The molecule has 1 unspecified atom stereocenters. The van der Waals surface area contributed by atoms with E-state index < -0.39 is 6.04 Å². The number of Topliss-reactive ketones (excluding diaryl/α,β-unsaturated/α-hetero) is 1. The number of benzene rings is 1. The van der Waals surface area contributed by atoms with Gasteiger partial charge in [-0.05, 0) is 55.7 Å². The zero-order valence-corrected chi connectivity index (χ0v) is 17.0. The summed E-state index contributed by atoms with van der Waals surface area (Å²) < 4.78 is 5.44. The molecule has 1 aliphatic carbocycles. The molecule has 2 aliphatic rings. The molecule has 3 rings (SSSR count). The van der Waals surface area contributed by atoms with Crippen molar-refractivity contribution in [1.82, 2.24) is 10.6 Å². The third kappa shape index (κ3) is 4.50. The van der Waals surface area contributed by atoms with Gasteiger partial charge in [0.2, 0.25) is 0 Å². The predicted octanol–water partition coefficient (Wildman–Crippen LogP) is 4.23. The molecular weight excluding hydrogens is 380 g/mol. The van der Waals surface area contributed by atoms with Gasteiger partial charge in [-0.1, -0.05) is 24.6 Å². The summed E-state index contributed by atoms with van der Waals surface area (Å²) >= 11 is 6.06. The number of amides is 2. The van der Waals surface area contributed by atoms with Crippen molar-refractivity contribution in [3.8, 4) is 5.75 Å². The first-order chi connectivity index (χ1) is 13.4. The summed E-state index contributed by atoms with van der Waals surface area (Å²) in [6.45, 7) is 1.81. The van der Waals surface area contributed by atoms with Gasteiger partial charge in [0, 0.05) is 24.8 Å². The topological polar surface area (TPSA) is 87.7 Å². The van der Waals surface area contributed by atoms with Gasteiger partial charge in [0.25, 0.3) is 0 Å². The number of rotatable bonds is 6. The van der Waals surface area contributed by atoms with E-state index in [1.165, 1.54) is 6.07 Å². The number of aromatic hydroxyl groups is 1. The molecule has 0 saturated heterocycles. The number of urea groups is 1. The standard InChI is InChI=1S/C21H27ClN2O4/c1-3-17(25)19-16(10-12-4-7-14(28-2)8-5-12)23-21(27)24-20(19)13-6-9-18(26)15(22)11-13/h6,9,11-12,14,20,26H,3-5,7-8,10H2,1-2H3,(H2,23,24,27). The van der Waals surface area contributed by atoms with Crippen LogP contribution in [0.4, 0.5) is 4.79 Å². The molecule has 7 heteroatoms. The lowest BCUT2D eigenvalue weighted by molar-refractivity contribution is -0.115. The highest BCUT2D eigenvalue weighted by Crippen LogP contribution is 2.36. The molecule has 152 valence electrons. The second-order valence-corrected chi connectivity index (χ2v) is 7.90. The Morgan fingerprint density at radius 1 is 1.29 bits per heavy atom. The van der Waals surface area contributed by atoms with E-state index in [1.54, 1.807) is 19.2 Å². The molecule has 1 aromatic rings. The second-order valence-electron chi connectivity index (χ2n) is 7.49. The Morgan fingerprint density at radius 3 is 2.61 bits per heavy atom. The second kappa shape index (κ2) is 8.97. The average Bonchev–Trinajstić information content (AvgIpc) is 2.69. The van der Waals surface area contributed by atoms with E-state index >= 15 is 0 Å². The van der Waals surface area contributed by atoms with Crippen molar-refractivity contribution in [2.75, 3.05) is 7.11 Å². The summed E-state index contributed by atoms with van der Waals surface area (Å²) in [5.74, 6) is 0.360. The summed E-state index contributed by atoms with van der Waals surface area (Å²) in [6.07, 6.45) is 5.31. The van der Waals surface area contributed by atoms with E-state index in [4.69, 9.17) is 16.3 Å². The molecule has 1 saturated carbocycles. The van der Waals surface area contributed by atoms with Crippen LogP contribution in [0.15, 0.2) is 29.5 Å². The summed E-state index contributed by atoms with van der Waals surface area (Å²) in [7, 11) is 1.74. The lowest BCUT2D eigenvalue weighted by Crippen LogP contribution is -2.46. The van der Waals surface area contributed by atoms with Crippen molar-refractivity contribution in [3.63, 3.8) is 0 Å². The molecule has 3 N–H and O–H groups in total. The van der Waals surface area contributed by atoms with Gasteiger partial charge < -0.3 is 20.5 Å². The maximum Gasteiger partial charge on any atom is 0.319 e. The first kappa shape index (κ1) is 20.7. The van der Waals surface area contributed by atoms with Crippen LogP contribution in [0.1, 0.15) is 57.1 Å². The molecule has 1 atom stereocenters. The monoisotopic (exact) mass is 406 g/mol. The van der Waals surface area contributed by atoms with Crippen LogP contribution >= 0.6 is 11.6 Å². The van der Waals surface area contributed by atoms with Crippen molar-refractivity contribution in [2.45, 2.75) is 57.6 Å². The quantitative estimate of drug-likeness (QED) is 0.659. The lowest BCUT2D eigenvalue weighted by Gasteiger charge is -2.33. The first-order valence-corrected chi connectivity index (χ1v) is 10.2. The molecule has 2 amide bonds. The number of ketones is 1. The van der Waals surface area contributed by atoms with Crippen LogP contribution in [0.2, 0.25) is 5.02 Å². The maximum absolute atomic E-state index is 12.8. The highest BCUT2D eigenvalue weighted by molar-refractivity contribution is 6.32. The van der Waals surface area contributed by atoms with Gasteiger partial charge in [-0.15, -0.1) is 0 Å². The number of halogens is 1. The normalized spacial score (nSPS) is 25.2. The van der Waals surface area contributed by atoms with Gasteiger partial charge >= 0.3 is 6.03 Å². The number of nitrogens with one attached hydrogen (secondary N) is 2. The lowest BCUT2D eigenvalue weighted by atomic mass is 9.81. The number of hydrogen-bond donors (Lipinski definition) is 3. The Morgan fingerprint density at radius 2 is 2.00 bits per heavy atom. The number of ether oxygens (including phenoxy) is 1. The van der Waals surface area contributed by atoms with Crippen LogP contribution in [0.5, 0.6) is 5.75 Å². The van der Waals surface area contributed by atoms with Crippen molar-refractivity contribution >= 4 is 23.4 Å². The first-order valence-electron chi connectivity index (χ1n) is 9.77. The van der Waals surface area contributed by atoms with E-state index in [2.05, 4.69) is 10.6 Å². The SMILES string of the molecule is CCC(=O)C1=C(CC2CCC(OC)CC2)NC(=O)NC1c1ccc(O)c(Cl)c1. The smallest absolute Gasteiger partial charge is 0.319 e. The minimum atomic E-state index is -0.579. The third-order valence-corrected chi connectivity index (χ3v) is 6.00. The van der Waals surface area contributed by atoms with E-state index in [1.807, 2.05) is 6.92 Å². The summed E-state index contributed by atoms with van der Waals surface area (Å²) in [6, 6.07) is 3.84. The number of allylic oxidation sites excluding steroid dienone is 1. The van der Waals surface area contributed by atoms with Crippen LogP contribution in [0.3, 0.4) is 0 Å². The molecule has 1 aliphatic heterocycles. The number of methoxy groups -OCH3 is 1. The molecule has 0 spiro atoms. The Balaban J connectivity index is 1.92. The van der Waals surface area contributed by atoms with E-state index in [-0.39, 0.29) is 22.6 Å². The Bertz CT molecular complexity index is 785. The summed E-state index contributed by atoms with van der Waals surface area (Å²) in [4.78, 5) is 25.1. The van der Waals surface area contributed by atoms with Gasteiger partial charge in [0.15, 0.2) is 5.78 Å². The fourth-order valence-corrected chi connectivity index (χ4v) is 4.30. The van der Waals surface area contributed by atoms with E-state index in [9.17, 15) is 14.7 Å². The molecule has 1 aromatic carbocycles. The van der Waals surface area contributed by atoms with Crippen molar-refractivity contribution < 1.29 is 19.4 Å². The fraction of sp³-hybridized carbons (Fsp3) is 0.524. The largest absolute Gasteiger partial charge is 0.506 e. The molecule has 28 heavy (non-hydrogen) atoms. The Labute approximate surface area is 170 Å². The predicted molar refractivity (Wildman–Crippen MR) is 107 cm³/mol. The van der Waals surface area contributed by atoms with E-state index in [0.717, 1.165) is 25.7 Å². The Hall–Kier alpha value is -2.05. The molecule has 1 fully saturated rings. The van der Waals surface area contributed by atoms with Crippen LogP contribution in [-0.2, 0) is 9.53 Å². The number of phenols is 1. The van der Waals surface area contributed by atoms with Gasteiger partial charge in [-0.2, -0.15) is 0 Å². The molecule has 1 heterocycles. The highest BCUT2D eigenvalue weighted by Gasteiger charge is 2.33. The van der Waals surface area contributed by atoms with Gasteiger partial charge in [0.05, 0.1) is 17.2 Å². The average molecular weight is 407 g/mol. The Kier molecular flexibility index (Phi) is 6.62. The van der Waals surface area contributed by atoms with Gasteiger partial charge in [-0.3, -0.25) is 4.79 Å². The van der Waals surface area contributed by atoms with E-state index in [0.29, 0.717) is 41.7 Å².